The lowest BCUT2D eigenvalue weighted by Crippen LogP contribution is -1.83. The van der Waals surface area contributed by atoms with E-state index in [0.717, 1.165) is 0 Å². The predicted octanol–water partition coefficient (Wildman–Crippen LogP) is 1.35. The SMILES string of the molecule is CC(=S)CF. The molecule has 0 saturated heterocycles. The van der Waals surface area contributed by atoms with Gasteiger partial charge >= 0.3 is 0 Å². The van der Waals surface area contributed by atoms with Crippen molar-refractivity contribution in [1.29, 1.82) is 0 Å². The first-order valence-electron chi connectivity index (χ1n) is 1.32. The average molecular weight is 92.1 g/mol. The molecule has 2 heteroatoms. The second-order valence-corrected chi connectivity index (χ2v) is 1.53. The van der Waals surface area contributed by atoms with Gasteiger partial charge in [-0.25, -0.2) is 4.39 Å². The largest absolute Gasteiger partial charge is 0.245 e. The highest BCUT2D eigenvalue weighted by Gasteiger charge is 1.75. The Morgan fingerprint density at radius 2 is 2.20 bits per heavy atom. The first kappa shape index (κ1) is 5.02. The number of rotatable bonds is 1. The number of alkyl halides is 1. The fourth-order valence-electron chi connectivity index (χ4n) is 0. The summed E-state index contributed by atoms with van der Waals surface area (Å²) in [5, 5.41) is 0. The van der Waals surface area contributed by atoms with Gasteiger partial charge in [0, 0.05) is 4.86 Å². The first-order valence-corrected chi connectivity index (χ1v) is 1.73. The minimum atomic E-state index is -0.463. The summed E-state index contributed by atoms with van der Waals surface area (Å²) in [5.74, 6) is 0. The molecule has 0 aromatic heterocycles. The van der Waals surface area contributed by atoms with Crippen LogP contribution in [-0.4, -0.2) is 11.5 Å². The van der Waals surface area contributed by atoms with Crippen molar-refractivity contribution in [1.82, 2.24) is 0 Å². The summed E-state index contributed by atoms with van der Waals surface area (Å²) in [4.78, 5) is 0.421. The standard InChI is InChI=1S/C3H5FS/c1-3(5)2-4/h2H2,1H3. The van der Waals surface area contributed by atoms with Crippen molar-refractivity contribution < 1.29 is 4.39 Å². The lowest BCUT2D eigenvalue weighted by atomic mass is 10.6. The molecule has 0 fully saturated rings. The molecule has 0 N–H and O–H groups in total. The molecule has 5 heavy (non-hydrogen) atoms. The molecule has 0 aromatic rings. The molecular weight excluding hydrogens is 87.1 g/mol. The van der Waals surface area contributed by atoms with Crippen molar-refractivity contribution >= 4 is 17.1 Å². The molecule has 0 unspecified atom stereocenters. The Labute approximate surface area is 36.0 Å². The maximum atomic E-state index is 11.0. The Bertz CT molecular complexity index is 42.2. The van der Waals surface area contributed by atoms with E-state index >= 15 is 0 Å². The van der Waals surface area contributed by atoms with Gasteiger partial charge in [0.25, 0.3) is 0 Å². The Kier molecular flexibility index (Phi) is 2.28. The molecule has 0 aromatic carbocycles. The third-order valence-corrected chi connectivity index (χ3v) is 0.297. The minimum Gasteiger partial charge on any atom is -0.245 e. The highest BCUT2D eigenvalue weighted by molar-refractivity contribution is 7.80. The zero-order valence-electron chi connectivity index (χ0n) is 2.99. The molecule has 0 aliphatic rings. The minimum absolute atomic E-state index is 0.421. The number of hydrogen-bond donors (Lipinski definition) is 0. The molecule has 0 aliphatic carbocycles. The van der Waals surface area contributed by atoms with Gasteiger partial charge < -0.3 is 0 Å². The smallest absolute Gasteiger partial charge is 0.120 e. The fraction of sp³-hybridized carbons (Fsp3) is 0.667. The summed E-state index contributed by atoms with van der Waals surface area (Å²) >= 11 is 4.32. The zero-order chi connectivity index (χ0) is 4.28. The van der Waals surface area contributed by atoms with Crippen LogP contribution in [0.25, 0.3) is 0 Å². The van der Waals surface area contributed by atoms with Crippen LogP contribution in [0.4, 0.5) is 4.39 Å². The van der Waals surface area contributed by atoms with Gasteiger partial charge in [-0.05, 0) is 6.92 Å². The summed E-state index contributed by atoms with van der Waals surface area (Å²) < 4.78 is 11.0. The van der Waals surface area contributed by atoms with Crippen LogP contribution < -0.4 is 0 Å². The summed E-state index contributed by atoms with van der Waals surface area (Å²) in [7, 11) is 0. The van der Waals surface area contributed by atoms with E-state index in [1.807, 2.05) is 0 Å². The maximum Gasteiger partial charge on any atom is 0.120 e. The van der Waals surface area contributed by atoms with E-state index in [9.17, 15) is 4.39 Å². The van der Waals surface area contributed by atoms with Crippen LogP contribution in [0, 0.1) is 0 Å². The van der Waals surface area contributed by atoms with E-state index in [2.05, 4.69) is 12.2 Å². The quantitative estimate of drug-likeness (QED) is 0.440. The van der Waals surface area contributed by atoms with E-state index < -0.39 is 6.67 Å². The van der Waals surface area contributed by atoms with E-state index in [-0.39, 0.29) is 0 Å². The number of halogens is 1. The summed E-state index contributed by atoms with van der Waals surface area (Å²) in [6, 6.07) is 0. The second kappa shape index (κ2) is 2.27. The van der Waals surface area contributed by atoms with Crippen LogP contribution >= 0.6 is 12.2 Å². The Hall–Kier alpha value is 0.0200. The van der Waals surface area contributed by atoms with Crippen LogP contribution in [0.1, 0.15) is 6.92 Å². The van der Waals surface area contributed by atoms with Gasteiger partial charge in [-0.15, -0.1) is 0 Å². The lowest BCUT2D eigenvalue weighted by molar-refractivity contribution is 0.584. The monoisotopic (exact) mass is 92.0 g/mol. The van der Waals surface area contributed by atoms with Gasteiger partial charge in [-0.1, -0.05) is 12.2 Å². The molecule has 0 heterocycles. The Balaban J connectivity index is 2.85. The van der Waals surface area contributed by atoms with Gasteiger partial charge in [-0.2, -0.15) is 0 Å². The van der Waals surface area contributed by atoms with Crippen molar-refractivity contribution in [3.63, 3.8) is 0 Å². The van der Waals surface area contributed by atoms with E-state index in [4.69, 9.17) is 0 Å². The molecule has 0 spiro atoms. The van der Waals surface area contributed by atoms with Crippen molar-refractivity contribution in [3.05, 3.63) is 0 Å². The topological polar surface area (TPSA) is 0 Å². The highest BCUT2D eigenvalue weighted by atomic mass is 32.1. The van der Waals surface area contributed by atoms with Crippen molar-refractivity contribution in [2.75, 3.05) is 6.67 Å². The highest BCUT2D eigenvalue weighted by Crippen LogP contribution is 1.71. The van der Waals surface area contributed by atoms with Crippen LogP contribution in [0.2, 0.25) is 0 Å². The normalized spacial score (nSPS) is 7.60. The molecule has 30 valence electrons. The molecule has 0 radical (unpaired) electrons. The number of hydrogen-bond acceptors (Lipinski definition) is 1. The fourth-order valence-corrected chi connectivity index (χ4v) is 0. The van der Waals surface area contributed by atoms with E-state index in [1.54, 1.807) is 6.92 Å². The third-order valence-electron chi connectivity index (χ3n) is 0.188. The zero-order valence-corrected chi connectivity index (χ0v) is 3.81. The molecule has 0 aliphatic heterocycles. The van der Waals surface area contributed by atoms with E-state index in [0.29, 0.717) is 4.86 Å². The van der Waals surface area contributed by atoms with Crippen molar-refractivity contribution in [2.45, 2.75) is 6.92 Å². The summed E-state index contributed by atoms with van der Waals surface area (Å²) in [6.07, 6.45) is 0. The van der Waals surface area contributed by atoms with Gasteiger partial charge in [0.05, 0.1) is 0 Å². The molecule has 0 saturated carbocycles. The lowest BCUT2D eigenvalue weighted by Gasteiger charge is -1.73. The van der Waals surface area contributed by atoms with Gasteiger partial charge in [0.15, 0.2) is 0 Å². The molecule has 0 rings (SSSR count). The summed E-state index contributed by atoms with van der Waals surface area (Å²) in [5.41, 5.74) is 0. The van der Waals surface area contributed by atoms with Crippen molar-refractivity contribution in [2.24, 2.45) is 0 Å². The Morgan fingerprint density at radius 3 is 2.20 bits per heavy atom. The number of thiocarbonyl (C=S) groups is 1. The molecule has 0 amide bonds. The van der Waals surface area contributed by atoms with Crippen LogP contribution in [0.5, 0.6) is 0 Å². The molecule has 0 atom stereocenters. The maximum absolute atomic E-state index is 11.0. The van der Waals surface area contributed by atoms with Crippen LogP contribution in [-0.2, 0) is 0 Å². The predicted molar refractivity (Wildman–Crippen MR) is 24.2 cm³/mol. The first-order chi connectivity index (χ1) is 2.27. The average Bonchev–Trinajstić information content (AvgIpc) is 1.38. The van der Waals surface area contributed by atoms with Gasteiger partial charge in [0.2, 0.25) is 0 Å². The molecular formula is C3H5FS. The van der Waals surface area contributed by atoms with Crippen LogP contribution in [0.15, 0.2) is 0 Å². The van der Waals surface area contributed by atoms with Gasteiger partial charge in [-0.3, -0.25) is 0 Å². The van der Waals surface area contributed by atoms with Crippen LogP contribution in [0.3, 0.4) is 0 Å². The van der Waals surface area contributed by atoms with E-state index in [1.165, 1.54) is 0 Å². The van der Waals surface area contributed by atoms with Gasteiger partial charge in [0.1, 0.15) is 6.67 Å². The molecule has 0 bridgehead atoms. The molecule has 0 nitrogen and oxygen atoms in total. The van der Waals surface area contributed by atoms with Crippen molar-refractivity contribution in [3.8, 4) is 0 Å². The third kappa shape index (κ3) is 4.02. The Morgan fingerprint density at radius 1 is 2.00 bits per heavy atom. The second-order valence-electron chi connectivity index (χ2n) is 0.836. The summed E-state index contributed by atoms with van der Waals surface area (Å²) in [6.45, 7) is 1.12.